The lowest BCUT2D eigenvalue weighted by Crippen LogP contribution is -2.39. The Morgan fingerprint density at radius 2 is 1.42 bits per heavy atom. The minimum absolute atomic E-state index is 0.00537. The molecule has 0 radical (unpaired) electrons. The van der Waals surface area contributed by atoms with E-state index >= 15 is 0 Å². The van der Waals surface area contributed by atoms with Gasteiger partial charge in [0.05, 0.1) is 23.0 Å². The van der Waals surface area contributed by atoms with Crippen molar-refractivity contribution in [2.75, 3.05) is 35.8 Å². The standard InChI is InChI=1S/C36H31ClN4S2/c1-40(2)27-20-18-24(19-21-27)35-28(23-38-26-11-9-10-25(37)22-26)36(39-29-12-3-6-15-32(29)43-35)41-30-13-4-7-16-33(30)42-34-17-8-5-14-31(34)41/h3-22,28,35,38H,23H2,1-2H3. The van der Waals surface area contributed by atoms with Crippen molar-refractivity contribution in [2.24, 2.45) is 10.9 Å². The van der Waals surface area contributed by atoms with Gasteiger partial charge in [-0.25, -0.2) is 4.99 Å². The van der Waals surface area contributed by atoms with E-state index in [1.807, 2.05) is 41.7 Å². The number of fused-ring (bicyclic) bond motifs is 3. The van der Waals surface area contributed by atoms with Gasteiger partial charge in [0.2, 0.25) is 0 Å². The molecule has 7 heteroatoms. The summed E-state index contributed by atoms with van der Waals surface area (Å²) in [5.41, 5.74) is 6.76. The number of benzene rings is 5. The third-order valence-electron chi connectivity index (χ3n) is 7.80. The van der Waals surface area contributed by atoms with Crippen LogP contribution in [0.4, 0.5) is 28.4 Å². The van der Waals surface area contributed by atoms with Gasteiger partial charge >= 0.3 is 0 Å². The van der Waals surface area contributed by atoms with Gasteiger partial charge in [-0.05, 0) is 72.3 Å². The molecule has 0 amide bonds. The van der Waals surface area contributed by atoms with Gasteiger partial charge in [-0.3, -0.25) is 4.90 Å². The lowest BCUT2D eigenvalue weighted by Gasteiger charge is -2.38. The molecule has 5 aromatic carbocycles. The van der Waals surface area contributed by atoms with Crippen molar-refractivity contribution in [2.45, 2.75) is 19.9 Å². The summed E-state index contributed by atoms with van der Waals surface area (Å²) in [6.07, 6.45) is 0. The molecular weight excluding hydrogens is 588 g/mol. The van der Waals surface area contributed by atoms with Gasteiger partial charge in [0, 0.05) is 57.0 Å². The number of hydrogen-bond donors (Lipinski definition) is 1. The summed E-state index contributed by atoms with van der Waals surface area (Å²) in [7, 11) is 4.16. The number of anilines is 4. The molecule has 0 spiro atoms. The molecule has 2 aliphatic heterocycles. The van der Waals surface area contributed by atoms with Gasteiger partial charge in [0.15, 0.2) is 0 Å². The average molecular weight is 619 g/mol. The number of nitrogens with zero attached hydrogens (tertiary/aromatic N) is 3. The monoisotopic (exact) mass is 618 g/mol. The van der Waals surface area contributed by atoms with Gasteiger partial charge in [0.25, 0.3) is 0 Å². The number of halogens is 1. The Hall–Kier alpha value is -3.84. The molecule has 2 unspecified atom stereocenters. The predicted molar refractivity (Wildman–Crippen MR) is 185 cm³/mol. The maximum Gasteiger partial charge on any atom is 0.120 e. The smallest absolute Gasteiger partial charge is 0.120 e. The highest BCUT2D eigenvalue weighted by atomic mass is 35.5. The Morgan fingerprint density at radius 3 is 2.09 bits per heavy atom. The zero-order valence-electron chi connectivity index (χ0n) is 23.9. The normalized spacial score (nSPS) is 17.2. The van der Waals surface area contributed by atoms with Crippen molar-refractivity contribution in [1.29, 1.82) is 0 Å². The van der Waals surface area contributed by atoms with Crippen LogP contribution in [0.15, 0.2) is 141 Å². The zero-order chi connectivity index (χ0) is 29.3. The minimum atomic E-state index is 0.00537. The molecule has 2 atom stereocenters. The second-order valence-corrected chi connectivity index (χ2v) is 13.5. The van der Waals surface area contributed by atoms with Crippen LogP contribution in [0.25, 0.3) is 0 Å². The van der Waals surface area contributed by atoms with Crippen molar-refractivity contribution in [3.63, 3.8) is 0 Å². The van der Waals surface area contributed by atoms with Crippen molar-refractivity contribution in [1.82, 2.24) is 0 Å². The van der Waals surface area contributed by atoms with E-state index in [9.17, 15) is 0 Å². The van der Waals surface area contributed by atoms with Gasteiger partial charge in [-0.2, -0.15) is 0 Å². The Morgan fingerprint density at radius 1 is 0.767 bits per heavy atom. The molecule has 4 nitrogen and oxygen atoms in total. The maximum atomic E-state index is 6.40. The molecule has 214 valence electrons. The first-order valence-electron chi connectivity index (χ1n) is 14.3. The summed E-state index contributed by atoms with van der Waals surface area (Å²) in [5, 5.41) is 4.55. The molecule has 0 aromatic heterocycles. The van der Waals surface area contributed by atoms with Crippen LogP contribution < -0.4 is 15.1 Å². The van der Waals surface area contributed by atoms with E-state index in [1.165, 1.54) is 25.9 Å². The number of rotatable bonds is 5. The van der Waals surface area contributed by atoms with E-state index in [-0.39, 0.29) is 11.2 Å². The van der Waals surface area contributed by atoms with Crippen LogP contribution in [-0.4, -0.2) is 26.5 Å². The maximum absolute atomic E-state index is 6.40. The van der Waals surface area contributed by atoms with Crippen molar-refractivity contribution < 1.29 is 0 Å². The largest absolute Gasteiger partial charge is 0.384 e. The Bertz CT molecular complexity index is 1760. The molecule has 0 saturated heterocycles. The number of hydrogen-bond acceptors (Lipinski definition) is 6. The third-order valence-corrected chi connectivity index (χ3v) is 10.6. The number of aliphatic imine (C=N–C) groups is 1. The molecule has 0 aliphatic carbocycles. The van der Waals surface area contributed by atoms with Crippen molar-refractivity contribution in [3.8, 4) is 0 Å². The fraction of sp³-hybridized carbons (Fsp3) is 0.139. The van der Waals surface area contributed by atoms with Crippen LogP contribution in [0.5, 0.6) is 0 Å². The molecule has 5 aromatic rings. The van der Waals surface area contributed by atoms with E-state index in [2.05, 4.69) is 132 Å². The summed E-state index contributed by atoms with van der Waals surface area (Å²) in [5.74, 6) is 1.03. The Labute approximate surface area is 266 Å². The molecule has 0 bridgehead atoms. The zero-order valence-corrected chi connectivity index (χ0v) is 26.3. The highest BCUT2D eigenvalue weighted by Crippen LogP contribution is 2.53. The summed E-state index contributed by atoms with van der Waals surface area (Å²) >= 11 is 10.1. The first-order valence-corrected chi connectivity index (χ1v) is 16.4. The lowest BCUT2D eigenvalue weighted by atomic mass is 9.94. The van der Waals surface area contributed by atoms with Crippen LogP contribution in [-0.2, 0) is 0 Å². The minimum Gasteiger partial charge on any atom is -0.384 e. The summed E-state index contributed by atoms with van der Waals surface area (Å²) in [6.45, 7) is 0.675. The molecule has 0 saturated carbocycles. The Kier molecular flexibility index (Phi) is 7.83. The number of amidine groups is 1. The van der Waals surface area contributed by atoms with E-state index in [4.69, 9.17) is 16.6 Å². The van der Waals surface area contributed by atoms with Gasteiger partial charge < -0.3 is 10.2 Å². The second-order valence-electron chi connectivity index (χ2n) is 10.8. The average Bonchev–Trinajstić information content (AvgIpc) is 3.19. The van der Waals surface area contributed by atoms with Gasteiger partial charge in [-0.1, -0.05) is 78.0 Å². The van der Waals surface area contributed by atoms with Crippen LogP contribution in [0, 0.1) is 5.92 Å². The van der Waals surface area contributed by atoms with Crippen LogP contribution in [0.2, 0.25) is 5.02 Å². The lowest BCUT2D eigenvalue weighted by molar-refractivity contribution is 0.698. The number of nitrogens with one attached hydrogen (secondary N) is 1. The topological polar surface area (TPSA) is 30.9 Å². The summed E-state index contributed by atoms with van der Waals surface area (Å²) in [6, 6.07) is 42.8. The molecule has 2 aliphatic rings. The van der Waals surface area contributed by atoms with E-state index < -0.39 is 0 Å². The van der Waals surface area contributed by atoms with Crippen molar-refractivity contribution in [3.05, 3.63) is 132 Å². The molecular formula is C36H31ClN4S2. The first kappa shape index (κ1) is 28.0. The van der Waals surface area contributed by atoms with Crippen LogP contribution in [0.3, 0.4) is 0 Å². The van der Waals surface area contributed by atoms with E-state index in [0.717, 1.165) is 28.6 Å². The van der Waals surface area contributed by atoms with Crippen LogP contribution >= 0.6 is 35.1 Å². The highest BCUT2D eigenvalue weighted by molar-refractivity contribution is 8.00. The quantitative estimate of drug-likeness (QED) is 0.212. The van der Waals surface area contributed by atoms with E-state index in [1.54, 1.807) is 0 Å². The van der Waals surface area contributed by atoms with E-state index in [0.29, 0.717) is 11.6 Å². The van der Waals surface area contributed by atoms with Gasteiger partial charge in [-0.15, -0.1) is 11.8 Å². The highest BCUT2D eigenvalue weighted by Gasteiger charge is 2.38. The molecule has 1 N–H and O–H groups in total. The predicted octanol–water partition coefficient (Wildman–Crippen LogP) is 10.3. The Balaban J connectivity index is 1.42. The molecule has 7 rings (SSSR count). The number of para-hydroxylation sites is 3. The molecule has 2 heterocycles. The summed E-state index contributed by atoms with van der Waals surface area (Å²) in [4.78, 5) is 13.7. The molecule has 0 fully saturated rings. The van der Waals surface area contributed by atoms with Crippen molar-refractivity contribution >= 4 is 69.4 Å². The first-order chi connectivity index (χ1) is 21.0. The summed E-state index contributed by atoms with van der Waals surface area (Å²) < 4.78 is 0. The second kappa shape index (κ2) is 12.0. The van der Waals surface area contributed by atoms with Gasteiger partial charge in [0.1, 0.15) is 5.84 Å². The fourth-order valence-electron chi connectivity index (χ4n) is 5.66. The SMILES string of the molecule is CN(C)c1ccc(C2Sc3ccccc3N=C(N3c4ccccc4Sc4ccccc43)C2CNc2cccc(Cl)c2)cc1. The number of thioether (sulfide) groups is 1. The third kappa shape index (κ3) is 5.63. The fourth-order valence-corrected chi connectivity index (χ4v) is 8.25. The molecule has 43 heavy (non-hydrogen) atoms. The van der Waals surface area contributed by atoms with Crippen LogP contribution in [0.1, 0.15) is 10.8 Å².